The number of aryl methyl sites for hydroxylation is 1. The summed E-state index contributed by atoms with van der Waals surface area (Å²) in [6.45, 7) is 1.80. The average Bonchev–Trinajstić information content (AvgIpc) is 2.87. The van der Waals surface area contributed by atoms with Gasteiger partial charge in [-0.25, -0.2) is 4.79 Å². The number of benzene rings is 1. The van der Waals surface area contributed by atoms with E-state index < -0.39 is 5.63 Å². The number of carbonyl (C=O) groups is 1. The maximum atomic E-state index is 12.7. The number of nitrogens with one attached hydrogen (secondary N) is 2. The predicted octanol–water partition coefficient (Wildman–Crippen LogP) is 2.88. The third-order valence-electron chi connectivity index (χ3n) is 5.16. The van der Waals surface area contributed by atoms with Crippen LogP contribution in [0.1, 0.15) is 41.6 Å². The Morgan fingerprint density at radius 1 is 1.29 bits per heavy atom. The summed E-state index contributed by atoms with van der Waals surface area (Å²) in [5, 5.41) is 7.37. The van der Waals surface area contributed by atoms with Crippen LogP contribution < -0.4 is 16.3 Å². The van der Waals surface area contributed by atoms with Gasteiger partial charge in [0.05, 0.1) is 0 Å². The van der Waals surface area contributed by atoms with Crippen LogP contribution in [0.3, 0.4) is 0 Å². The molecule has 3 heterocycles. The Morgan fingerprint density at radius 3 is 2.71 bits per heavy atom. The van der Waals surface area contributed by atoms with Gasteiger partial charge in [-0.1, -0.05) is 15.9 Å². The van der Waals surface area contributed by atoms with Crippen molar-refractivity contribution in [2.45, 2.75) is 50.7 Å². The first-order valence-corrected chi connectivity index (χ1v) is 9.10. The number of piperidine rings is 1. The minimum atomic E-state index is -0.572. The summed E-state index contributed by atoms with van der Waals surface area (Å²) in [6, 6.07) is 6.51. The van der Waals surface area contributed by atoms with Crippen LogP contribution >= 0.6 is 15.9 Å². The second kappa shape index (κ2) is 6.01. The Hall–Kier alpha value is -1.66. The molecule has 2 unspecified atom stereocenters. The van der Waals surface area contributed by atoms with Gasteiger partial charge in [0.2, 0.25) is 0 Å². The molecule has 2 aliphatic heterocycles. The normalized spacial score (nSPS) is 25.8. The highest BCUT2D eigenvalue weighted by Crippen LogP contribution is 2.27. The van der Waals surface area contributed by atoms with Gasteiger partial charge in [-0.15, -0.1) is 0 Å². The highest BCUT2D eigenvalue weighted by molar-refractivity contribution is 9.10. The van der Waals surface area contributed by atoms with Gasteiger partial charge in [-0.2, -0.15) is 0 Å². The first-order valence-electron chi connectivity index (χ1n) is 8.31. The summed E-state index contributed by atoms with van der Waals surface area (Å²) >= 11 is 3.42. The number of amides is 1. The molecule has 2 fully saturated rings. The molecular weight excluding hydrogens is 372 g/mol. The maximum absolute atomic E-state index is 12.7. The van der Waals surface area contributed by atoms with Crippen molar-refractivity contribution in [2.24, 2.45) is 0 Å². The van der Waals surface area contributed by atoms with Crippen LogP contribution in [0.25, 0.3) is 11.0 Å². The van der Waals surface area contributed by atoms with Gasteiger partial charge in [-0.05, 0) is 56.4 Å². The zero-order valence-corrected chi connectivity index (χ0v) is 15.0. The highest BCUT2D eigenvalue weighted by atomic mass is 79.9. The Morgan fingerprint density at radius 2 is 2.00 bits per heavy atom. The zero-order valence-electron chi connectivity index (χ0n) is 13.4. The van der Waals surface area contributed by atoms with Crippen molar-refractivity contribution < 1.29 is 9.21 Å². The van der Waals surface area contributed by atoms with E-state index in [1.54, 1.807) is 13.0 Å². The summed E-state index contributed by atoms with van der Waals surface area (Å²) in [6.07, 6.45) is 4.18. The van der Waals surface area contributed by atoms with Gasteiger partial charge >= 0.3 is 5.63 Å². The molecule has 1 aromatic heterocycles. The van der Waals surface area contributed by atoms with Crippen LogP contribution in [0.5, 0.6) is 0 Å². The molecule has 2 N–H and O–H groups in total. The lowest BCUT2D eigenvalue weighted by Gasteiger charge is -2.29. The smallest absolute Gasteiger partial charge is 0.349 e. The molecule has 2 aromatic rings. The second-order valence-corrected chi connectivity index (χ2v) is 7.73. The van der Waals surface area contributed by atoms with E-state index in [1.165, 1.54) is 12.8 Å². The predicted molar refractivity (Wildman–Crippen MR) is 95.4 cm³/mol. The summed E-state index contributed by atoms with van der Waals surface area (Å²) < 4.78 is 6.23. The second-order valence-electron chi connectivity index (χ2n) is 6.81. The molecule has 5 nitrogen and oxygen atoms in total. The van der Waals surface area contributed by atoms with E-state index in [1.807, 2.05) is 12.1 Å². The molecule has 24 heavy (non-hydrogen) atoms. The van der Waals surface area contributed by atoms with E-state index in [2.05, 4.69) is 26.6 Å². The summed E-state index contributed by atoms with van der Waals surface area (Å²) in [7, 11) is 0. The molecule has 4 rings (SSSR count). The fraction of sp³-hybridized carbons (Fsp3) is 0.444. The van der Waals surface area contributed by atoms with Crippen LogP contribution in [0, 0.1) is 6.92 Å². The Balaban J connectivity index is 1.65. The van der Waals surface area contributed by atoms with E-state index in [-0.39, 0.29) is 17.5 Å². The number of hydrogen-bond donors (Lipinski definition) is 2. The van der Waals surface area contributed by atoms with Gasteiger partial charge in [0.15, 0.2) is 0 Å². The number of carbonyl (C=O) groups excluding carboxylic acids is 1. The standard InChI is InChI=1S/C18H19BrN2O3/c1-9-14-6-10(19)2-5-15(14)24-18(23)16(9)17(22)21-13-7-11-3-4-12(8-13)20-11/h2,5-6,11-13,20H,3-4,7-8H2,1H3,(H,21,22). The van der Waals surface area contributed by atoms with Gasteiger partial charge in [0.1, 0.15) is 11.1 Å². The maximum Gasteiger partial charge on any atom is 0.349 e. The molecule has 0 aliphatic carbocycles. The number of fused-ring (bicyclic) bond motifs is 3. The molecule has 1 amide bonds. The van der Waals surface area contributed by atoms with Crippen molar-refractivity contribution >= 4 is 32.8 Å². The summed E-state index contributed by atoms with van der Waals surface area (Å²) in [5.41, 5.74) is 0.706. The fourth-order valence-corrected chi connectivity index (χ4v) is 4.38. The molecule has 0 radical (unpaired) electrons. The monoisotopic (exact) mass is 390 g/mol. The van der Waals surface area contributed by atoms with Gasteiger partial charge in [0.25, 0.3) is 5.91 Å². The lowest BCUT2D eigenvalue weighted by atomic mass is 9.99. The van der Waals surface area contributed by atoms with E-state index in [9.17, 15) is 9.59 Å². The molecule has 6 heteroatoms. The molecular formula is C18H19BrN2O3. The molecule has 2 saturated heterocycles. The van der Waals surface area contributed by atoms with Gasteiger partial charge in [-0.3, -0.25) is 4.79 Å². The highest BCUT2D eigenvalue weighted by Gasteiger charge is 2.34. The molecule has 0 spiro atoms. The Bertz CT molecular complexity index is 864. The first kappa shape index (κ1) is 15.8. The molecule has 2 aliphatic rings. The Labute approximate surface area is 147 Å². The largest absolute Gasteiger partial charge is 0.422 e. The molecule has 0 saturated carbocycles. The zero-order chi connectivity index (χ0) is 16.8. The van der Waals surface area contributed by atoms with E-state index >= 15 is 0 Å². The number of rotatable bonds is 2. The third-order valence-corrected chi connectivity index (χ3v) is 5.66. The molecule has 1 aromatic carbocycles. The molecule has 2 atom stereocenters. The first-order chi connectivity index (χ1) is 11.5. The number of hydrogen-bond acceptors (Lipinski definition) is 4. The van der Waals surface area contributed by atoms with Crippen molar-refractivity contribution in [3.63, 3.8) is 0 Å². The third kappa shape index (κ3) is 2.78. The average molecular weight is 391 g/mol. The van der Waals surface area contributed by atoms with Gasteiger partial charge in [0, 0.05) is 28.0 Å². The minimum absolute atomic E-state index is 0.117. The van der Waals surface area contributed by atoms with Crippen molar-refractivity contribution in [1.82, 2.24) is 10.6 Å². The van der Waals surface area contributed by atoms with E-state index in [4.69, 9.17) is 4.42 Å². The van der Waals surface area contributed by atoms with Crippen molar-refractivity contribution in [2.75, 3.05) is 0 Å². The summed E-state index contributed by atoms with van der Waals surface area (Å²) in [4.78, 5) is 25.0. The molecule has 2 bridgehead atoms. The summed E-state index contributed by atoms with van der Waals surface area (Å²) in [5.74, 6) is -0.325. The van der Waals surface area contributed by atoms with E-state index in [0.29, 0.717) is 23.2 Å². The van der Waals surface area contributed by atoms with Crippen molar-refractivity contribution in [3.8, 4) is 0 Å². The lowest BCUT2D eigenvalue weighted by Crippen LogP contribution is -2.48. The topological polar surface area (TPSA) is 71.3 Å². The molecule has 126 valence electrons. The van der Waals surface area contributed by atoms with Gasteiger partial charge < -0.3 is 15.1 Å². The quantitative estimate of drug-likeness (QED) is 0.773. The fourth-order valence-electron chi connectivity index (χ4n) is 4.02. The van der Waals surface area contributed by atoms with Crippen molar-refractivity contribution in [1.29, 1.82) is 0 Å². The van der Waals surface area contributed by atoms with Crippen LogP contribution in [-0.4, -0.2) is 24.0 Å². The van der Waals surface area contributed by atoms with Crippen LogP contribution in [0.4, 0.5) is 0 Å². The van der Waals surface area contributed by atoms with Crippen molar-refractivity contribution in [3.05, 3.63) is 44.2 Å². The Kier molecular flexibility index (Phi) is 3.96. The number of halogens is 1. The minimum Gasteiger partial charge on any atom is -0.422 e. The van der Waals surface area contributed by atoms with E-state index in [0.717, 1.165) is 22.7 Å². The van der Waals surface area contributed by atoms with Crippen LogP contribution in [0.15, 0.2) is 31.9 Å². The van der Waals surface area contributed by atoms with Crippen LogP contribution in [0.2, 0.25) is 0 Å². The van der Waals surface area contributed by atoms with Crippen LogP contribution in [-0.2, 0) is 0 Å². The lowest BCUT2D eigenvalue weighted by molar-refractivity contribution is 0.0920. The SMILES string of the molecule is Cc1c(C(=O)NC2CC3CCC(C2)N3)c(=O)oc2ccc(Br)cc12.